The van der Waals surface area contributed by atoms with Crippen LogP contribution in [0.2, 0.25) is 0 Å². The lowest BCUT2D eigenvalue weighted by atomic mass is 10.0. The number of likely N-dealkylation sites (tertiary alicyclic amines) is 1. The molecule has 0 atom stereocenters. The summed E-state index contributed by atoms with van der Waals surface area (Å²) in [5.74, 6) is 0. The van der Waals surface area contributed by atoms with Gasteiger partial charge in [-0.05, 0) is 43.5 Å². The van der Waals surface area contributed by atoms with Crippen molar-refractivity contribution in [2.45, 2.75) is 32.2 Å². The van der Waals surface area contributed by atoms with E-state index in [-0.39, 0.29) is 6.61 Å². The minimum absolute atomic E-state index is 0.247. The Labute approximate surface area is 97.9 Å². The van der Waals surface area contributed by atoms with Crippen molar-refractivity contribution in [1.29, 1.82) is 0 Å². The molecule has 0 aromatic heterocycles. The number of hydrogen-bond donors (Lipinski definition) is 1. The predicted octanol–water partition coefficient (Wildman–Crippen LogP) is 2.21. The summed E-state index contributed by atoms with van der Waals surface area (Å²) < 4.78 is 0. The third-order valence-electron chi connectivity index (χ3n) is 3.34. The summed E-state index contributed by atoms with van der Waals surface area (Å²) in [5.41, 5.74) is 2.69. The molecule has 1 saturated heterocycles. The van der Waals surface area contributed by atoms with Crippen LogP contribution in [-0.4, -0.2) is 29.7 Å². The summed E-state index contributed by atoms with van der Waals surface area (Å²) in [6, 6.07) is 8.49. The molecular weight excluding hydrogens is 198 g/mol. The Kier molecular flexibility index (Phi) is 4.37. The molecule has 2 heteroatoms. The second-order valence-corrected chi connectivity index (χ2v) is 4.58. The van der Waals surface area contributed by atoms with Gasteiger partial charge in [0.15, 0.2) is 0 Å². The van der Waals surface area contributed by atoms with Crippen LogP contribution in [0.3, 0.4) is 0 Å². The van der Waals surface area contributed by atoms with Crippen molar-refractivity contribution in [3.8, 4) is 0 Å². The first kappa shape index (κ1) is 11.6. The zero-order valence-electron chi connectivity index (χ0n) is 9.86. The Morgan fingerprint density at radius 2 is 1.69 bits per heavy atom. The Morgan fingerprint density at radius 3 is 2.38 bits per heavy atom. The minimum Gasteiger partial charge on any atom is -0.396 e. The fourth-order valence-corrected chi connectivity index (χ4v) is 2.43. The standard InChI is InChI=1S/C14H21NO/c16-11-8-13-6-2-3-7-14(13)12-15-9-4-1-5-10-15/h2-3,6-7,16H,1,4-5,8-12H2. The molecule has 1 aliphatic rings. The summed E-state index contributed by atoms with van der Waals surface area (Å²) >= 11 is 0. The third kappa shape index (κ3) is 3.06. The maximum absolute atomic E-state index is 9.04. The van der Waals surface area contributed by atoms with Crippen molar-refractivity contribution >= 4 is 0 Å². The molecule has 16 heavy (non-hydrogen) atoms. The molecular formula is C14H21NO. The Bertz CT molecular complexity index is 318. The van der Waals surface area contributed by atoms with Crippen molar-refractivity contribution in [3.05, 3.63) is 35.4 Å². The maximum atomic E-state index is 9.04. The van der Waals surface area contributed by atoms with Gasteiger partial charge in [0.2, 0.25) is 0 Å². The van der Waals surface area contributed by atoms with Gasteiger partial charge in [0.1, 0.15) is 0 Å². The van der Waals surface area contributed by atoms with Crippen LogP contribution in [-0.2, 0) is 13.0 Å². The van der Waals surface area contributed by atoms with E-state index in [4.69, 9.17) is 5.11 Å². The zero-order valence-corrected chi connectivity index (χ0v) is 9.86. The second-order valence-electron chi connectivity index (χ2n) is 4.58. The Morgan fingerprint density at radius 1 is 1.00 bits per heavy atom. The maximum Gasteiger partial charge on any atom is 0.0471 e. The summed E-state index contributed by atoms with van der Waals surface area (Å²) in [7, 11) is 0. The molecule has 88 valence electrons. The van der Waals surface area contributed by atoms with E-state index in [2.05, 4.69) is 29.2 Å². The molecule has 0 amide bonds. The molecule has 1 heterocycles. The number of aliphatic hydroxyl groups is 1. The zero-order chi connectivity index (χ0) is 11.2. The molecule has 1 aliphatic heterocycles. The van der Waals surface area contributed by atoms with Gasteiger partial charge in [-0.2, -0.15) is 0 Å². The topological polar surface area (TPSA) is 23.5 Å². The number of benzene rings is 1. The van der Waals surface area contributed by atoms with Gasteiger partial charge in [-0.25, -0.2) is 0 Å². The predicted molar refractivity (Wildman–Crippen MR) is 66.4 cm³/mol. The van der Waals surface area contributed by atoms with Crippen LogP contribution >= 0.6 is 0 Å². The van der Waals surface area contributed by atoms with E-state index in [0.717, 1.165) is 13.0 Å². The van der Waals surface area contributed by atoms with Gasteiger partial charge in [-0.3, -0.25) is 4.90 Å². The number of rotatable bonds is 4. The lowest BCUT2D eigenvalue weighted by molar-refractivity contribution is 0.220. The highest BCUT2D eigenvalue weighted by Gasteiger charge is 2.11. The molecule has 0 spiro atoms. The van der Waals surface area contributed by atoms with Crippen LogP contribution in [0, 0.1) is 0 Å². The molecule has 2 nitrogen and oxygen atoms in total. The smallest absolute Gasteiger partial charge is 0.0471 e. The first-order chi connectivity index (χ1) is 7.90. The molecule has 1 aromatic rings. The summed E-state index contributed by atoms with van der Waals surface area (Å²) in [6.07, 6.45) is 4.84. The van der Waals surface area contributed by atoms with E-state index in [1.165, 1.54) is 43.5 Å². The Balaban J connectivity index is 2.01. The monoisotopic (exact) mass is 219 g/mol. The lowest BCUT2D eigenvalue weighted by Gasteiger charge is -2.27. The first-order valence-corrected chi connectivity index (χ1v) is 6.30. The van der Waals surface area contributed by atoms with Crippen LogP contribution in [0.15, 0.2) is 24.3 Å². The van der Waals surface area contributed by atoms with Crippen molar-refractivity contribution in [2.75, 3.05) is 19.7 Å². The number of nitrogens with zero attached hydrogens (tertiary/aromatic N) is 1. The van der Waals surface area contributed by atoms with E-state index in [9.17, 15) is 0 Å². The van der Waals surface area contributed by atoms with Crippen LogP contribution in [0.5, 0.6) is 0 Å². The highest BCUT2D eigenvalue weighted by molar-refractivity contribution is 5.27. The normalized spacial score (nSPS) is 17.6. The quantitative estimate of drug-likeness (QED) is 0.839. The molecule has 0 unspecified atom stereocenters. The second kappa shape index (κ2) is 6.02. The molecule has 0 aliphatic carbocycles. The van der Waals surface area contributed by atoms with E-state index in [1.54, 1.807) is 0 Å². The molecule has 0 radical (unpaired) electrons. The fraction of sp³-hybridized carbons (Fsp3) is 0.571. The fourth-order valence-electron chi connectivity index (χ4n) is 2.43. The highest BCUT2D eigenvalue weighted by atomic mass is 16.2. The van der Waals surface area contributed by atoms with Crippen LogP contribution in [0.25, 0.3) is 0 Å². The summed E-state index contributed by atoms with van der Waals surface area (Å²) in [6.45, 7) is 3.76. The number of piperidine rings is 1. The van der Waals surface area contributed by atoms with Gasteiger partial charge >= 0.3 is 0 Å². The van der Waals surface area contributed by atoms with Gasteiger partial charge in [-0.1, -0.05) is 30.7 Å². The van der Waals surface area contributed by atoms with Gasteiger partial charge < -0.3 is 5.11 Å². The Hall–Kier alpha value is -0.860. The average molecular weight is 219 g/mol. The number of aliphatic hydroxyl groups excluding tert-OH is 1. The van der Waals surface area contributed by atoms with Gasteiger partial charge in [0.25, 0.3) is 0 Å². The van der Waals surface area contributed by atoms with Crippen molar-refractivity contribution in [1.82, 2.24) is 4.90 Å². The molecule has 1 N–H and O–H groups in total. The molecule has 2 rings (SSSR count). The van der Waals surface area contributed by atoms with Crippen LogP contribution < -0.4 is 0 Å². The van der Waals surface area contributed by atoms with Crippen LogP contribution in [0.4, 0.5) is 0 Å². The van der Waals surface area contributed by atoms with E-state index >= 15 is 0 Å². The van der Waals surface area contributed by atoms with E-state index in [1.807, 2.05) is 0 Å². The number of hydrogen-bond acceptors (Lipinski definition) is 2. The van der Waals surface area contributed by atoms with Crippen molar-refractivity contribution < 1.29 is 5.11 Å². The highest BCUT2D eigenvalue weighted by Crippen LogP contribution is 2.16. The minimum atomic E-state index is 0.247. The van der Waals surface area contributed by atoms with Crippen LogP contribution in [0.1, 0.15) is 30.4 Å². The SMILES string of the molecule is OCCc1ccccc1CN1CCCCC1. The average Bonchev–Trinajstić information content (AvgIpc) is 2.33. The largest absolute Gasteiger partial charge is 0.396 e. The van der Waals surface area contributed by atoms with Gasteiger partial charge in [0, 0.05) is 13.2 Å². The lowest BCUT2D eigenvalue weighted by Crippen LogP contribution is -2.29. The molecule has 0 saturated carbocycles. The third-order valence-corrected chi connectivity index (χ3v) is 3.34. The first-order valence-electron chi connectivity index (χ1n) is 6.30. The van der Waals surface area contributed by atoms with Gasteiger partial charge in [0.05, 0.1) is 0 Å². The van der Waals surface area contributed by atoms with Crippen molar-refractivity contribution in [2.24, 2.45) is 0 Å². The van der Waals surface area contributed by atoms with E-state index < -0.39 is 0 Å². The molecule has 0 bridgehead atoms. The summed E-state index contributed by atoms with van der Waals surface area (Å²) in [5, 5.41) is 9.04. The van der Waals surface area contributed by atoms with Gasteiger partial charge in [-0.15, -0.1) is 0 Å². The van der Waals surface area contributed by atoms with E-state index in [0.29, 0.717) is 0 Å². The summed E-state index contributed by atoms with van der Waals surface area (Å²) in [4.78, 5) is 2.53. The molecule has 1 fully saturated rings. The van der Waals surface area contributed by atoms with Crippen molar-refractivity contribution in [3.63, 3.8) is 0 Å². The molecule has 1 aromatic carbocycles.